The van der Waals surface area contributed by atoms with Crippen LogP contribution in [0.3, 0.4) is 0 Å². The molecule has 0 fully saturated rings. The van der Waals surface area contributed by atoms with Gasteiger partial charge in [0.15, 0.2) is 0 Å². The lowest BCUT2D eigenvalue weighted by molar-refractivity contribution is 0.599. The van der Waals surface area contributed by atoms with E-state index in [0.29, 0.717) is 22.0 Å². The zero-order valence-electron chi connectivity index (χ0n) is 10.0. The predicted molar refractivity (Wildman–Crippen MR) is 83.1 cm³/mol. The summed E-state index contributed by atoms with van der Waals surface area (Å²) in [5, 5.41) is 1.87. The van der Waals surface area contributed by atoms with E-state index in [-0.39, 0.29) is 11.7 Å². The van der Waals surface area contributed by atoms with E-state index in [1.54, 1.807) is 12.1 Å². The van der Waals surface area contributed by atoms with E-state index in [0.717, 1.165) is 10.9 Å². The van der Waals surface area contributed by atoms with Crippen LogP contribution in [-0.4, -0.2) is 5.33 Å². The summed E-state index contributed by atoms with van der Waals surface area (Å²) >= 11 is 15.5. The molecule has 0 aromatic heterocycles. The summed E-state index contributed by atoms with van der Waals surface area (Å²) in [5.41, 5.74) is 1.62. The summed E-state index contributed by atoms with van der Waals surface area (Å²) in [7, 11) is 0. The van der Waals surface area contributed by atoms with Gasteiger partial charge in [-0.1, -0.05) is 57.3 Å². The molecule has 0 nitrogen and oxygen atoms in total. The van der Waals surface area contributed by atoms with E-state index in [2.05, 4.69) is 15.9 Å². The quantitative estimate of drug-likeness (QED) is 0.599. The van der Waals surface area contributed by atoms with Crippen molar-refractivity contribution in [3.05, 3.63) is 69.5 Å². The van der Waals surface area contributed by atoms with Gasteiger partial charge in [0.05, 0.1) is 0 Å². The van der Waals surface area contributed by atoms with Crippen molar-refractivity contribution >= 4 is 39.1 Å². The number of benzene rings is 2. The van der Waals surface area contributed by atoms with Crippen molar-refractivity contribution in [1.29, 1.82) is 0 Å². The number of hydrogen-bond donors (Lipinski definition) is 0. The fourth-order valence-electron chi connectivity index (χ4n) is 2.00. The second-order valence-electron chi connectivity index (χ2n) is 4.31. The summed E-state index contributed by atoms with van der Waals surface area (Å²) in [6.45, 7) is 0. The molecule has 2 aromatic carbocycles. The number of alkyl halides is 1. The van der Waals surface area contributed by atoms with Gasteiger partial charge in [0.1, 0.15) is 5.82 Å². The minimum atomic E-state index is -0.263. The van der Waals surface area contributed by atoms with Gasteiger partial charge in [0.25, 0.3) is 0 Å². The Hall–Kier alpha value is -0.570. The van der Waals surface area contributed by atoms with Gasteiger partial charge in [-0.05, 0) is 42.2 Å². The Morgan fingerprint density at radius 2 is 1.84 bits per heavy atom. The van der Waals surface area contributed by atoms with Crippen LogP contribution < -0.4 is 0 Å². The molecular formula is C15H12BrCl2F. The highest BCUT2D eigenvalue weighted by atomic mass is 79.9. The zero-order chi connectivity index (χ0) is 13.8. The maximum absolute atomic E-state index is 13.8. The van der Waals surface area contributed by atoms with Crippen LogP contribution in [0.2, 0.25) is 10.0 Å². The average molecular weight is 362 g/mol. The zero-order valence-corrected chi connectivity index (χ0v) is 13.1. The van der Waals surface area contributed by atoms with Gasteiger partial charge in [0.2, 0.25) is 0 Å². The smallest absolute Gasteiger partial charge is 0.127 e. The van der Waals surface area contributed by atoms with Crippen molar-refractivity contribution in [2.75, 3.05) is 5.33 Å². The molecule has 0 aliphatic heterocycles. The van der Waals surface area contributed by atoms with Crippen LogP contribution >= 0.6 is 39.1 Å². The van der Waals surface area contributed by atoms with Gasteiger partial charge >= 0.3 is 0 Å². The van der Waals surface area contributed by atoms with E-state index in [1.807, 2.05) is 24.3 Å². The highest BCUT2D eigenvalue weighted by Crippen LogP contribution is 2.29. The van der Waals surface area contributed by atoms with Crippen LogP contribution in [0.1, 0.15) is 17.0 Å². The molecule has 1 atom stereocenters. The van der Waals surface area contributed by atoms with Gasteiger partial charge in [-0.3, -0.25) is 0 Å². The minimum absolute atomic E-state index is 0.132. The first-order valence-electron chi connectivity index (χ1n) is 5.86. The van der Waals surface area contributed by atoms with Gasteiger partial charge in [-0.25, -0.2) is 4.39 Å². The first kappa shape index (κ1) is 14.8. The Morgan fingerprint density at radius 3 is 2.47 bits per heavy atom. The maximum Gasteiger partial charge on any atom is 0.127 e. The summed E-state index contributed by atoms with van der Waals surface area (Å²) in [6.07, 6.45) is 0.539. The van der Waals surface area contributed by atoms with Crippen LogP contribution in [0.5, 0.6) is 0 Å². The van der Waals surface area contributed by atoms with Gasteiger partial charge in [-0.15, -0.1) is 0 Å². The van der Waals surface area contributed by atoms with Crippen molar-refractivity contribution in [3.8, 4) is 0 Å². The van der Waals surface area contributed by atoms with Crippen LogP contribution in [0, 0.1) is 5.82 Å². The molecule has 0 radical (unpaired) electrons. The molecule has 0 saturated heterocycles. The van der Waals surface area contributed by atoms with Gasteiger partial charge in [0, 0.05) is 20.9 Å². The van der Waals surface area contributed by atoms with Crippen LogP contribution in [-0.2, 0) is 6.42 Å². The monoisotopic (exact) mass is 360 g/mol. The van der Waals surface area contributed by atoms with Crippen molar-refractivity contribution in [2.24, 2.45) is 0 Å². The SMILES string of the molecule is Fc1cccc(Cl)c1CC(CBr)c1cccc(Cl)c1. The van der Waals surface area contributed by atoms with E-state index in [9.17, 15) is 4.39 Å². The lowest BCUT2D eigenvalue weighted by Crippen LogP contribution is -2.06. The van der Waals surface area contributed by atoms with E-state index < -0.39 is 0 Å². The van der Waals surface area contributed by atoms with Crippen molar-refractivity contribution in [2.45, 2.75) is 12.3 Å². The lowest BCUT2D eigenvalue weighted by Gasteiger charge is -2.16. The molecule has 0 amide bonds. The van der Waals surface area contributed by atoms with E-state index in [1.165, 1.54) is 6.07 Å². The molecule has 0 aliphatic rings. The number of hydrogen-bond acceptors (Lipinski definition) is 0. The first-order chi connectivity index (χ1) is 9.11. The molecule has 2 rings (SSSR count). The largest absolute Gasteiger partial charge is 0.207 e. The predicted octanol–water partition coefficient (Wildman–Crippen LogP) is 5.85. The molecular weight excluding hydrogens is 350 g/mol. The van der Waals surface area contributed by atoms with Crippen LogP contribution in [0.15, 0.2) is 42.5 Å². The fraction of sp³-hybridized carbons (Fsp3) is 0.200. The molecule has 0 saturated carbocycles. The Balaban J connectivity index is 2.29. The molecule has 0 aliphatic carbocycles. The second-order valence-corrected chi connectivity index (χ2v) is 5.80. The Morgan fingerprint density at radius 1 is 1.11 bits per heavy atom. The molecule has 100 valence electrons. The summed E-state index contributed by atoms with van der Waals surface area (Å²) < 4.78 is 13.8. The highest BCUT2D eigenvalue weighted by Gasteiger charge is 2.16. The van der Waals surface area contributed by atoms with Crippen molar-refractivity contribution in [1.82, 2.24) is 0 Å². The first-order valence-corrected chi connectivity index (χ1v) is 7.74. The second kappa shape index (κ2) is 6.74. The standard InChI is InChI=1S/C15H12BrCl2F/c16-9-11(10-3-1-4-12(17)7-10)8-13-14(18)5-2-6-15(13)19/h1-7,11H,8-9H2. The summed E-state index contributed by atoms with van der Waals surface area (Å²) in [6, 6.07) is 12.4. The third kappa shape index (κ3) is 3.71. The molecule has 2 aromatic rings. The Kier molecular flexibility index (Phi) is 5.26. The fourth-order valence-corrected chi connectivity index (χ4v) is 3.04. The normalized spacial score (nSPS) is 12.4. The number of rotatable bonds is 4. The van der Waals surface area contributed by atoms with Crippen molar-refractivity contribution < 1.29 is 4.39 Å². The highest BCUT2D eigenvalue weighted by molar-refractivity contribution is 9.09. The average Bonchev–Trinajstić information content (AvgIpc) is 2.38. The molecule has 19 heavy (non-hydrogen) atoms. The maximum atomic E-state index is 13.8. The molecule has 4 heteroatoms. The van der Waals surface area contributed by atoms with Gasteiger partial charge in [-0.2, -0.15) is 0 Å². The molecule has 0 heterocycles. The van der Waals surface area contributed by atoms with Crippen LogP contribution in [0.25, 0.3) is 0 Å². The topological polar surface area (TPSA) is 0 Å². The Bertz CT molecular complexity index is 552. The number of halogens is 4. The summed E-state index contributed by atoms with van der Waals surface area (Å²) in [5.74, 6) is -0.131. The third-order valence-corrected chi connectivity index (χ3v) is 4.39. The lowest BCUT2D eigenvalue weighted by atomic mass is 9.93. The minimum Gasteiger partial charge on any atom is -0.207 e. The van der Waals surface area contributed by atoms with E-state index >= 15 is 0 Å². The molecule has 0 N–H and O–H groups in total. The molecule has 0 spiro atoms. The van der Waals surface area contributed by atoms with Crippen LogP contribution in [0.4, 0.5) is 4.39 Å². The van der Waals surface area contributed by atoms with E-state index in [4.69, 9.17) is 23.2 Å². The Labute approximate surface area is 130 Å². The van der Waals surface area contributed by atoms with Crippen molar-refractivity contribution in [3.63, 3.8) is 0 Å². The van der Waals surface area contributed by atoms with Gasteiger partial charge < -0.3 is 0 Å². The summed E-state index contributed by atoms with van der Waals surface area (Å²) in [4.78, 5) is 0. The third-order valence-electron chi connectivity index (χ3n) is 3.02. The molecule has 1 unspecified atom stereocenters. The molecule has 0 bridgehead atoms.